The fourth-order valence-corrected chi connectivity index (χ4v) is 2.19. The number of aromatic nitrogens is 2. The van der Waals surface area contributed by atoms with E-state index < -0.39 is 4.92 Å². The van der Waals surface area contributed by atoms with E-state index in [0.717, 1.165) is 4.47 Å². The molecule has 0 saturated carbocycles. The summed E-state index contributed by atoms with van der Waals surface area (Å²) in [5.41, 5.74) is 5.91. The monoisotopic (exact) mass is 522 g/mol. The van der Waals surface area contributed by atoms with Gasteiger partial charge in [-0.25, -0.2) is 9.97 Å². The number of methoxy groups -OCH3 is 2. The van der Waals surface area contributed by atoms with Gasteiger partial charge < -0.3 is 19.9 Å². The van der Waals surface area contributed by atoms with Gasteiger partial charge in [-0.1, -0.05) is 0 Å². The lowest BCUT2D eigenvalue weighted by Crippen LogP contribution is -1.95. The molecule has 0 aromatic carbocycles. The molecular weight excluding hydrogens is 504 g/mol. The molecule has 0 fully saturated rings. The van der Waals surface area contributed by atoms with Crippen LogP contribution in [0.5, 0.6) is 11.8 Å². The number of ether oxygens (including phenoxy) is 3. The summed E-state index contributed by atoms with van der Waals surface area (Å²) in [6, 6.07) is 3.08. The second kappa shape index (κ2) is 13.7. The molecule has 0 radical (unpaired) electrons. The smallest absolute Gasteiger partial charge is 0.332 e. The van der Waals surface area contributed by atoms with Gasteiger partial charge in [0.05, 0.1) is 31.4 Å². The Kier molecular flexibility index (Phi) is 12.5. The minimum absolute atomic E-state index is 0.0169. The number of esters is 1. The van der Waals surface area contributed by atoms with Crippen LogP contribution >= 0.6 is 31.9 Å². The molecule has 2 rings (SSSR count). The van der Waals surface area contributed by atoms with Gasteiger partial charge in [0.15, 0.2) is 0 Å². The first kappa shape index (κ1) is 25.5. The third kappa shape index (κ3) is 10.0. The predicted molar refractivity (Wildman–Crippen MR) is 110 cm³/mol. The van der Waals surface area contributed by atoms with Crippen LogP contribution in [0.3, 0.4) is 0 Å². The Morgan fingerprint density at radius 2 is 1.64 bits per heavy atom. The molecule has 0 saturated heterocycles. The van der Waals surface area contributed by atoms with Gasteiger partial charge in [0, 0.05) is 34.3 Å². The van der Waals surface area contributed by atoms with Crippen LogP contribution in [0, 0.1) is 10.1 Å². The highest BCUT2D eigenvalue weighted by atomic mass is 79.9. The Morgan fingerprint density at radius 3 is 2.00 bits per heavy atom. The van der Waals surface area contributed by atoms with Crippen LogP contribution < -0.4 is 15.2 Å². The van der Waals surface area contributed by atoms with Crippen molar-refractivity contribution >= 4 is 49.2 Å². The topological polar surface area (TPSA) is 140 Å². The maximum atomic E-state index is 10.4. The van der Waals surface area contributed by atoms with Gasteiger partial charge in [0.1, 0.15) is 0 Å². The summed E-state index contributed by atoms with van der Waals surface area (Å²) in [6.45, 7) is 3.65. The van der Waals surface area contributed by atoms with Gasteiger partial charge in [-0.15, -0.1) is 0 Å². The quantitative estimate of drug-likeness (QED) is 0.360. The average molecular weight is 524 g/mol. The standard InChI is InChI=1S/C6H5BrN2O3.C6H7BrN2O.C4H8O2/c1-12-6-5(9(10)11)2-4(7)3-8-6;1-10-6-5(8)2-4(7)3-9-6;1-3-6-4(2)5/h2-3H,1H3;2-3H,8H2,1H3;3H2,1-2H3. The Bertz CT molecular complexity index is 792. The second-order valence-electron chi connectivity index (χ2n) is 4.62. The second-order valence-corrected chi connectivity index (χ2v) is 6.45. The zero-order valence-electron chi connectivity index (χ0n) is 15.6. The molecule has 0 aliphatic rings. The number of nitrogen functional groups attached to an aromatic ring is 1. The molecule has 2 aromatic heterocycles. The van der Waals surface area contributed by atoms with E-state index in [1.54, 1.807) is 19.2 Å². The molecule has 2 aromatic rings. The highest BCUT2D eigenvalue weighted by Crippen LogP contribution is 2.26. The van der Waals surface area contributed by atoms with Crippen molar-refractivity contribution in [3.05, 3.63) is 43.6 Å². The van der Waals surface area contributed by atoms with Crippen LogP contribution in [0.15, 0.2) is 33.5 Å². The highest BCUT2D eigenvalue weighted by molar-refractivity contribution is 9.10. The lowest BCUT2D eigenvalue weighted by Gasteiger charge is -2.01. The first-order chi connectivity index (χ1) is 13.2. The van der Waals surface area contributed by atoms with Crippen LogP contribution in [0.1, 0.15) is 13.8 Å². The summed E-state index contributed by atoms with van der Waals surface area (Å²) >= 11 is 6.30. The average Bonchev–Trinajstić information content (AvgIpc) is 2.62. The zero-order chi connectivity index (χ0) is 21.7. The summed E-state index contributed by atoms with van der Waals surface area (Å²) in [4.78, 5) is 27.3. The van der Waals surface area contributed by atoms with Crippen LogP contribution in [0.25, 0.3) is 0 Å². The Labute approximate surface area is 178 Å². The predicted octanol–water partition coefficient (Wildman–Crippen LogP) is 3.77. The van der Waals surface area contributed by atoms with Crippen molar-refractivity contribution in [2.75, 3.05) is 26.6 Å². The van der Waals surface area contributed by atoms with Gasteiger partial charge >= 0.3 is 11.7 Å². The first-order valence-corrected chi connectivity index (χ1v) is 9.17. The molecule has 0 aliphatic carbocycles. The highest BCUT2D eigenvalue weighted by Gasteiger charge is 2.15. The normalized spacial score (nSPS) is 9.07. The summed E-state index contributed by atoms with van der Waals surface area (Å²) in [7, 11) is 2.87. The number of nitrogens with zero attached hydrogens (tertiary/aromatic N) is 3. The number of nitrogens with two attached hydrogens (primary N) is 1. The van der Waals surface area contributed by atoms with Crippen molar-refractivity contribution in [3.63, 3.8) is 0 Å². The van der Waals surface area contributed by atoms with Crippen molar-refractivity contribution < 1.29 is 23.9 Å². The lowest BCUT2D eigenvalue weighted by atomic mass is 10.4. The Morgan fingerprint density at radius 1 is 1.14 bits per heavy atom. The van der Waals surface area contributed by atoms with Gasteiger partial charge in [-0.05, 0) is 44.8 Å². The number of pyridine rings is 2. The van der Waals surface area contributed by atoms with Gasteiger partial charge in [0.2, 0.25) is 5.88 Å². The van der Waals surface area contributed by atoms with E-state index in [2.05, 4.69) is 51.3 Å². The molecule has 0 aliphatic heterocycles. The molecule has 154 valence electrons. The fraction of sp³-hybridized carbons (Fsp3) is 0.312. The molecule has 0 atom stereocenters. The maximum Gasteiger partial charge on any atom is 0.332 e. The molecular formula is C16H20Br2N4O6. The number of anilines is 1. The molecule has 0 spiro atoms. The number of rotatable bonds is 4. The number of halogens is 2. The van der Waals surface area contributed by atoms with Crippen molar-refractivity contribution in [2.45, 2.75) is 13.8 Å². The van der Waals surface area contributed by atoms with E-state index in [9.17, 15) is 14.9 Å². The van der Waals surface area contributed by atoms with E-state index >= 15 is 0 Å². The van der Waals surface area contributed by atoms with Gasteiger partial charge in [-0.2, -0.15) is 0 Å². The summed E-state index contributed by atoms with van der Waals surface area (Å²) < 4.78 is 15.3. The van der Waals surface area contributed by atoms with Gasteiger partial charge in [-0.3, -0.25) is 14.9 Å². The SMILES string of the molecule is CCOC(C)=O.COc1ncc(Br)cc1N.COc1ncc(Br)cc1[N+](=O)[O-]. The molecule has 2 heterocycles. The summed E-state index contributed by atoms with van der Waals surface area (Å²) in [5, 5.41) is 10.4. The van der Waals surface area contributed by atoms with Crippen molar-refractivity contribution in [3.8, 4) is 11.8 Å². The number of nitro groups is 1. The minimum Gasteiger partial charge on any atom is -0.480 e. The summed E-state index contributed by atoms with van der Waals surface area (Å²) in [6.07, 6.45) is 3.07. The first-order valence-electron chi connectivity index (χ1n) is 7.58. The number of carbonyl (C=O) groups excluding carboxylic acids is 1. The Balaban J connectivity index is 0.000000414. The van der Waals surface area contributed by atoms with Crippen LogP contribution in [-0.4, -0.2) is 41.7 Å². The molecule has 12 heteroatoms. The van der Waals surface area contributed by atoms with Crippen molar-refractivity contribution in [1.29, 1.82) is 0 Å². The molecule has 0 bridgehead atoms. The van der Waals surface area contributed by atoms with Crippen LogP contribution in [0.4, 0.5) is 11.4 Å². The van der Waals surface area contributed by atoms with Crippen LogP contribution in [0.2, 0.25) is 0 Å². The third-order valence-corrected chi connectivity index (χ3v) is 3.44. The van der Waals surface area contributed by atoms with E-state index in [4.69, 9.17) is 10.5 Å². The van der Waals surface area contributed by atoms with E-state index in [-0.39, 0.29) is 17.5 Å². The fourth-order valence-electron chi connectivity index (χ4n) is 1.52. The molecule has 0 unspecified atom stereocenters. The molecule has 0 amide bonds. The van der Waals surface area contributed by atoms with E-state index in [1.165, 1.54) is 33.4 Å². The van der Waals surface area contributed by atoms with E-state index in [0.29, 0.717) is 22.6 Å². The largest absolute Gasteiger partial charge is 0.480 e. The molecule has 2 N–H and O–H groups in total. The number of hydrogen-bond donors (Lipinski definition) is 1. The molecule has 28 heavy (non-hydrogen) atoms. The maximum absolute atomic E-state index is 10.4. The number of hydrogen-bond acceptors (Lipinski definition) is 9. The third-order valence-electron chi connectivity index (χ3n) is 2.58. The van der Waals surface area contributed by atoms with E-state index in [1.807, 2.05) is 0 Å². The molecule has 10 nitrogen and oxygen atoms in total. The lowest BCUT2D eigenvalue weighted by molar-refractivity contribution is -0.386. The minimum atomic E-state index is -0.545. The van der Waals surface area contributed by atoms with Crippen molar-refractivity contribution in [1.82, 2.24) is 9.97 Å². The van der Waals surface area contributed by atoms with Crippen LogP contribution in [-0.2, 0) is 9.53 Å². The van der Waals surface area contributed by atoms with Crippen molar-refractivity contribution in [2.24, 2.45) is 0 Å². The van der Waals surface area contributed by atoms with Gasteiger partial charge in [0.25, 0.3) is 5.88 Å². The zero-order valence-corrected chi connectivity index (χ0v) is 18.8. The number of carbonyl (C=O) groups is 1. The Hall–Kier alpha value is -2.47. The summed E-state index contributed by atoms with van der Waals surface area (Å²) in [5.74, 6) is 0.268.